The number of carbonyl (C=O) groups excluding carboxylic acids is 8. The third kappa shape index (κ3) is 33.6. The number of amides is 3. The summed E-state index contributed by atoms with van der Waals surface area (Å²) in [6, 6.07) is 38.8. The van der Waals surface area contributed by atoms with Crippen molar-refractivity contribution in [1.29, 1.82) is 0 Å². The molecule has 4 aliphatic rings. The smallest absolute Gasteiger partial charge is 0.341 e. The quantitative estimate of drug-likeness (QED) is 0.00723. The van der Waals surface area contributed by atoms with Crippen molar-refractivity contribution in [3.8, 4) is 0 Å². The first kappa shape index (κ1) is 93.8. The minimum atomic E-state index is -0.958. The van der Waals surface area contributed by atoms with Crippen molar-refractivity contribution in [2.24, 2.45) is 21.6 Å². The van der Waals surface area contributed by atoms with Crippen molar-refractivity contribution in [3.05, 3.63) is 272 Å². The molecule has 3 amide bonds. The predicted molar refractivity (Wildman–Crippen MR) is 462 cm³/mol. The predicted octanol–water partition coefficient (Wildman–Crippen LogP) is 12.5. The number of aldehydes is 1. The fourth-order valence-corrected chi connectivity index (χ4v) is 11.5. The second-order valence-corrected chi connectivity index (χ2v) is 28.7. The second kappa shape index (κ2) is 49.0. The van der Waals surface area contributed by atoms with Crippen molar-refractivity contribution in [1.82, 2.24) is 54.7 Å². The van der Waals surface area contributed by atoms with Gasteiger partial charge in [0.25, 0.3) is 5.91 Å². The van der Waals surface area contributed by atoms with Crippen molar-refractivity contribution in [2.75, 3.05) is 44.0 Å². The van der Waals surface area contributed by atoms with Crippen LogP contribution in [0.5, 0.6) is 0 Å². The van der Waals surface area contributed by atoms with Crippen molar-refractivity contribution >= 4 is 105 Å². The van der Waals surface area contributed by atoms with Gasteiger partial charge in [-0.15, -0.1) is 0 Å². The molecule has 0 unspecified atom stereocenters. The molecular weight excluding hydrogens is 1630 g/mol. The van der Waals surface area contributed by atoms with Gasteiger partial charge in [-0.05, 0) is 191 Å². The molecule has 1 aliphatic heterocycles. The lowest BCUT2D eigenvalue weighted by atomic mass is 10.0. The number of ether oxygens (including phenoxy) is 4. The maximum absolute atomic E-state index is 12.5. The summed E-state index contributed by atoms with van der Waals surface area (Å²) in [5, 5.41) is 43.4. The number of aryl methyl sites for hydroxylation is 2. The van der Waals surface area contributed by atoms with Gasteiger partial charge in [0.1, 0.15) is 11.6 Å². The Bertz CT molecular complexity index is 5200. The first-order valence-corrected chi connectivity index (χ1v) is 40.7. The van der Waals surface area contributed by atoms with Crippen LogP contribution in [0.1, 0.15) is 185 Å². The van der Waals surface area contributed by atoms with E-state index in [1.54, 1.807) is 126 Å². The number of halogens is 1. The number of Topliss-reactive ketones (excluding diaryl/α,β-unsaturated/α-hetero) is 1. The molecule has 10 aromatic rings. The number of ketones is 1. The van der Waals surface area contributed by atoms with Gasteiger partial charge >= 0.3 is 41.8 Å². The Hall–Kier alpha value is -13.7. The number of aliphatic imine (C=N–C) groups is 2. The minimum Gasteiger partial charge on any atom is -0.478 e. The van der Waals surface area contributed by atoms with Gasteiger partial charge in [0.15, 0.2) is 6.29 Å². The Kier molecular flexibility index (Phi) is 37.7. The molecule has 3 aliphatic carbocycles. The molecule has 5 aromatic heterocycles. The highest BCUT2D eigenvalue weighted by Gasteiger charge is 2.25. The highest BCUT2D eigenvalue weighted by atomic mass is 79.9. The highest BCUT2D eigenvalue weighted by Crippen LogP contribution is 2.33. The van der Waals surface area contributed by atoms with E-state index in [1.807, 2.05) is 86.6 Å². The molecule has 14 rings (SSSR count). The Morgan fingerprint density at radius 1 is 0.549 bits per heavy atom. The fraction of sp³-hybridized carbons (Fsp3) is 0.315. The number of aromatic nitrogens is 9. The van der Waals surface area contributed by atoms with E-state index in [4.69, 9.17) is 40.6 Å². The number of anilines is 2. The third-order valence-corrected chi connectivity index (χ3v) is 18.7. The van der Waals surface area contributed by atoms with Crippen LogP contribution in [0, 0.1) is 19.8 Å². The van der Waals surface area contributed by atoms with Gasteiger partial charge in [-0.3, -0.25) is 43.1 Å². The Morgan fingerprint density at radius 3 is 1.37 bits per heavy atom. The van der Waals surface area contributed by atoms with Gasteiger partial charge in [0.05, 0.1) is 135 Å². The molecule has 0 saturated heterocycles. The highest BCUT2D eigenvalue weighted by molar-refractivity contribution is 9.08. The SMILES string of the molecule is CCOC(=O)C1=CCN=C1.CCOC(=O)c1cnn(Cc2ccc(C(=O)O)cc2)c1.CCOC(=O)c1cnn(Cc2ccc(CC(=O)CC3CC3)cc2)c1.CCOC(=O)c1cnn(Cc2ccc(N=CC=O)cc2)c1.Cc1cc(N)nc(C)c1CNC(=O)c1cnn(Cc2ccc(NC(=O)NC3CC3)cc2)c1.NC1CC1.O=C(O)c1ccc(CBr)cc1. The number of nitrogens with zero attached hydrogens (tertiary/aromatic N) is 11. The summed E-state index contributed by atoms with van der Waals surface area (Å²) >= 11 is 3.27. The summed E-state index contributed by atoms with van der Waals surface area (Å²) in [5.41, 5.74) is 24.2. The number of alkyl halides is 1. The van der Waals surface area contributed by atoms with Crippen LogP contribution in [0.2, 0.25) is 0 Å². The molecule has 5 aromatic carbocycles. The summed E-state index contributed by atoms with van der Waals surface area (Å²) in [4.78, 5) is 125. The Labute approximate surface area is 714 Å². The molecule has 122 heavy (non-hydrogen) atoms. The minimum absolute atomic E-state index is 0.178. The van der Waals surface area contributed by atoms with Crippen LogP contribution >= 0.6 is 15.9 Å². The van der Waals surface area contributed by atoms with Gasteiger partial charge in [-0.25, -0.2) is 38.5 Å². The van der Waals surface area contributed by atoms with Gasteiger partial charge < -0.3 is 56.6 Å². The maximum atomic E-state index is 12.5. The average Bonchev–Trinajstić information content (AvgIpc) is 1.27. The number of rotatable bonds is 30. The summed E-state index contributed by atoms with van der Waals surface area (Å²) in [5.74, 6) is -2.00. The van der Waals surface area contributed by atoms with E-state index in [0.717, 1.165) is 80.5 Å². The van der Waals surface area contributed by atoms with Gasteiger partial charge in [0.2, 0.25) is 0 Å². The van der Waals surface area contributed by atoms with Crippen molar-refractivity contribution in [2.45, 2.75) is 143 Å². The Morgan fingerprint density at radius 2 is 0.967 bits per heavy atom. The van der Waals surface area contributed by atoms with E-state index in [2.05, 4.69) is 67.2 Å². The fourth-order valence-electron chi connectivity index (χ4n) is 11.1. The molecule has 6 heterocycles. The van der Waals surface area contributed by atoms with Gasteiger partial charge in [-0.1, -0.05) is 88.7 Å². The standard InChI is InChI=1S/C23H27N7O2.C19H22N2O3.C15H15N3O3.C14H14N2O4.C8H7BrO2.C7H9NO2.C3H7N/c1-14-9-21(24)27-15(2)20(14)11-25-22(31)17-10-26-30(13-17)12-16-3-5-18(6-4-16)28-23(32)29-19-7-8-19;1-2-24-19(23)17-11-20-21(13-17)12-16-7-5-15(6-8-16)10-18(22)9-14-3-4-14;1-2-21-15(20)13-9-17-18(11-13)10-12-3-5-14(6-4-12)16-7-8-19;1-2-20-14(19)12-7-15-16(9-12)8-10-3-5-11(6-4-10)13(17)18;9-5-6-1-3-7(4-2-6)8(10)11;1-2-10-7(9)6-3-4-8-5-6;4-3-1-2-3/h3-6,9-10,13,19H,7-8,11-12H2,1-2H3,(H2,24,27)(H,25,31)(H2,28,29,32);5-8,11,13-14H,2-4,9-10,12H2,1H3;3-9,11H,2,10H2,1H3;3-7,9H,2,8H2,1H3,(H,17,18);1-4H,5H2,(H,10,11);3,5H,2,4H2,1H3;3H,1-2,4H2. The zero-order valence-corrected chi connectivity index (χ0v) is 70.4. The zero-order valence-electron chi connectivity index (χ0n) is 68.8. The Balaban J connectivity index is 0.000000186. The molecule has 640 valence electrons. The van der Waals surface area contributed by atoms with Gasteiger partial charge in [-0.2, -0.15) is 20.4 Å². The summed E-state index contributed by atoms with van der Waals surface area (Å²) < 4.78 is 26.1. The number of aromatic carboxylic acids is 2. The van der Waals surface area contributed by atoms with E-state index < -0.39 is 17.9 Å². The van der Waals surface area contributed by atoms with Crippen LogP contribution in [0.15, 0.2) is 199 Å². The lowest BCUT2D eigenvalue weighted by Crippen LogP contribution is -2.30. The van der Waals surface area contributed by atoms with Crippen LogP contribution in [0.25, 0.3) is 0 Å². The van der Waals surface area contributed by atoms with E-state index >= 15 is 0 Å². The first-order chi connectivity index (χ1) is 58.8. The summed E-state index contributed by atoms with van der Waals surface area (Å²) in [6.45, 7) is 15.4. The normalized spacial score (nSPS) is 12.6. The molecule has 32 nitrogen and oxygen atoms in total. The number of nitrogens with two attached hydrogens (primary N) is 2. The number of nitrogen functional groups attached to an aromatic ring is 1. The number of carboxylic acid groups (broad SMARTS) is 2. The molecule has 33 heteroatoms. The number of hydrogen-bond donors (Lipinski definition) is 7. The molecule has 3 saturated carbocycles. The largest absolute Gasteiger partial charge is 0.478 e. The number of benzene rings is 5. The first-order valence-electron chi connectivity index (χ1n) is 39.6. The van der Waals surface area contributed by atoms with Gasteiger partial charge in [0, 0.05) is 79.2 Å². The third-order valence-electron chi connectivity index (χ3n) is 18.0. The maximum Gasteiger partial charge on any atom is 0.341 e. The van der Waals surface area contributed by atoms with Crippen LogP contribution in [0.4, 0.5) is 22.0 Å². The number of carboxylic acids is 2. The monoisotopic (exact) mass is 1730 g/mol. The average molecular weight is 1730 g/mol. The summed E-state index contributed by atoms with van der Waals surface area (Å²) in [7, 11) is 0. The molecule has 0 atom stereocenters. The lowest BCUT2D eigenvalue weighted by Gasteiger charge is -2.11. The van der Waals surface area contributed by atoms with E-state index in [1.165, 1.54) is 68.8 Å². The topological polar surface area (TPSA) is 445 Å². The van der Waals surface area contributed by atoms with Crippen LogP contribution in [-0.2, 0) is 77.8 Å². The molecule has 9 N–H and O–H groups in total. The number of urea groups is 1. The number of nitrogens with one attached hydrogen (secondary N) is 3. The zero-order chi connectivity index (χ0) is 87.9. The van der Waals surface area contributed by atoms with E-state index in [-0.39, 0.29) is 35.4 Å². The van der Waals surface area contributed by atoms with Crippen molar-refractivity contribution in [3.63, 3.8) is 0 Å². The molecule has 0 spiro atoms. The number of pyridine rings is 1. The molecular formula is C89H101BrN16O16. The molecule has 0 radical (unpaired) electrons. The van der Waals surface area contributed by atoms with E-state index in [9.17, 15) is 47.9 Å². The molecule has 0 bridgehead atoms. The lowest BCUT2D eigenvalue weighted by molar-refractivity contribution is -0.137. The summed E-state index contributed by atoms with van der Waals surface area (Å²) in [6.07, 6.45) is 26.1. The van der Waals surface area contributed by atoms with Crippen LogP contribution in [-0.4, -0.2) is 172 Å². The number of carbonyl (C=O) groups is 10. The van der Waals surface area contributed by atoms with Crippen LogP contribution < -0.4 is 27.4 Å². The van der Waals surface area contributed by atoms with E-state index in [0.29, 0.717) is 147 Å². The second-order valence-electron chi connectivity index (χ2n) is 28.2. The van der Waals surface area contributed by atoms with Crippen LogP contribution in [0.3, 0.4) is 0 Å². The molecule has 3 fully saturated rings. The van der Waals surface area contributed by atoms with Crippen molar-refractivity contribution < 1.29 is 77.1 Å². The number of esters is 4. The number of hydrogen-bond acceptors (Lipinski definition) is 23.